The SMILES string of the molecule is Cc1cc(C)c2c(c1)c(C)cc(=O)n2CC(=O)c1ccc(-c2ccccc2)cc1. The Morgan fingerprint density at radius 1 is 0.793 bits per heavy atom. The van der Waals surface area contributed by atoms with Crippen LogP contribution >= 0.6 is 0 Å². The first-order chi connectivity index (χ1) is 13.9. The van der Waals surface area contributed by atoms with Crippen LogP contribution in [0.25, 0.3) is 22.0 Å². The number of aromatic nitrogens is 1. The van der Waals surface area contributed by atoms with Gasteiger partial charge in [-0.2, -0.15) is 0 Å². The van der Waals surface area contributed by atoms with E-state index in [1.165, 1.54) is 0 Å². The van der Waals surface area contributed by atoms with Crippen LogP contribution in [0.2, 0.25) is 0 Å². The molecule has 0 fully saturated rings. The van der Waals surface area contributed by atoms with E-state index in [9.17, 15) is 9.59 Å². The smallest absolute Gasteiger partial charge is 0.251 e. The molecule has 0 aliphatic heterocycles. The van der Waals surface area contributed by atoms with E-state index in [1.807, 2.05) is 75.4 Å². The van der Waals surface area contributed by atoms with E-state index in [1.54, 1.807) is 10.6 Å². The Bertz CT molecular complexity index is 1270. The van der Waals surface area contributed by atoms with E-state index >= 15 is 0 Å². The van der Waals surface area contributed by atoms with Crippen molar-refractivity contribution in [2.45, 2.75) is 27.3 Å². The Morgan fingerprint density at radius 2 is 1.45 bits per heavy atom. The first-order valence-electron chi connectivity index (χ1n) is 9.74. The minimum atomic E-state index is -0.142. The predicted molar refractivity (Wildman–Crippen MR) is 119 cm³/mol. The molecule has 0 aliphatic carbocycles. The molecule has 0 radical (unpaired) electrons. The second kappa shape index (κ2) is 7.51. The van der Waals surface area contributed by atoms with E-state index < -0.39 is 0 Å². The molecule has 3 nitrogen and oxygen atoms in total. The van der Waals surface area contributed by atoms with Gasteiger partial charge in [0.1, 0.15) is 0 Å². The Kier molecular flexibility index (Phi) is 4.89. The van der Waals surface area contributed by atoms with Crippen molar-refractivity contribution in [2.24, 2.45) is 0 Å². The van der Waals surface area contributed by atoms with Crippen molar-refractivity contribution in [1.82, 2.24) is 4.57 Å². The molecule has 0 saturated heterocycles. The zero-order valence-electron chi connectivity index (χ0n) is 16.9. The number of hydrogen-bond acceptors (Lipinski definition) is 2. The van der Waals surface area contributed by atoms with E-state index in [4.69, 9.17) is 0 Å². The zero-order valence-corrected chi connectivity index (χ0v) is 16.9. The lowest BCUT2D eigenvalue weighted by Crippen LogP contribution is -2.25. The van der Waals surface area contributed by atoms with E-state index in [0.29, 0.717) is 5.56 Å². The van der Waals surface area contributed by atoms with Crippen molar-refractivity contribution >= 4 is 16.7 Å². The van der Waals surface area contributed by atoms with Gasteiger partial charge in [-0.05, 0) is 49.1 Å². The summed E-state index contributed by atoms with van der Waals surface area (Å²) in [5.74, 6) is -0.0724. The first kappa shape index (κ1) is 18.9. The standard InChI is InChI=1S/C26H23NO2/c1-17-13-19(3)26-23(14-17)18(2)15-25(29)27(26)16-24(28)22-11-9-21(10-12-22)20-7-5-4-6-8-20/h4-15H,16H2,1-3H3. The lowest BCUT2D eigenvalue weighted by molar-refractivity contribution is 0.0972. The maximum atomic E-state index is 13.0. The summed E-state index contributed by atoms with van der Waals surface area (Å²) < 4.78 is 1.60. The van der Waals surface area contributed by atoms with Gasteiger partial charge in [0.2, 0.25) is 0 Å². The van der Waals surface area contributed by atoms with Gasteiger partial charge in [0, 0.05) is 17.0 Å². The monoisotopic (exact) mass is 381 g/mol. The molecular weight excluding hydrogens is 358 g/mol. The number of carbonyl (C=O) groups is 1. The highest BCUT2D eigenvalue weighted by Crippen LogP contribution is 2.23. The summed E-state index contributed by atoms with van der Waals surface area (Å²) in [7, 11) is 0. The first-order valence-corrected chi connectivity index (χ1v) is 9.74. The van der Waals surface area contributed by atoms with Crippen LogP contribution in [0.5, 0.6) is 0 Å². The van der Waals surface area contributed by atoms with Gasteiger partial charge < -0.3 is 4.57 Å². The number of rotatable bonds is 4. The Balaban J connectivity index is 1.70. The van der Waals surface area contributed by atoms with Gasteiger partial charge in [-0.15, -0.1) is 0 Å². The summed E-state index contributed by atoms with van der Waals surface area (Å²) in [5, 5.41) is 1.02. The van der Waals surface area contributed by atoms with Crippen LogP contribution in [0.4, 0.5) is 0 Å². The van der Waals surface area contributed by atoms with Gasteiger partial charge in [0.05, 0.1) is 12.1 Å². The number of hydrogen-bond donors (Lipinski definition) is 0. The number of nitrogens with zero attached hydrogens (tertiary/aromatic N) is 1. The Hall–Kier alpha value is -3.46. The largest absolute Gasteiger partial charge is 0.300 e. The average molecular weight is 381 g/mol. The van der Waals surface area contributed by atoms with E-state index in [2.05, 4.69) is 12.1 Å². The fraction of sp³-hybridized carbons (Fsp3) is 0.154. The molecule has 0 saturated carbocycles. The second-order valence-corrected chi connectivity index (χ2v) is 7.60. The summed E-state index contributed by atoms with van der Waals surface area (Å²) in [6.07, 6.45) is 0. The number of aryl methyl sites for hydroxylation is 3. The third kappa shape index (κ3) is 3.64. The number of ketones is 1. The van der Waals surface area contributed by atoms with Gasteiger partial charge >= 0.3 is 0 Å². The maximum Gasteiger partial charge on any atom is 0.251 e. The van der Waals surface area contributed by atoms with Crippen molar-refractivity contribution in [1.29, 1.82) is 0 Å². The molecule has 0 bridgehead atoms. The molecule has 0 aliphatic rings. The van der Waals surface area contributed by atoms with E-state index in [0.717, 1.165) is 38.7 Å². The average Bonchev–Trinajstić information content (AvgIpc) is 2.71. The topological polar surface area (TPSA) is 39.1 Å². The molecule has 0 atom stereocenters. The lowest BCUT2D eigenvalue weighted by atomic mass is 10.0. The molecule has 0 spiro atoms. The highest BCUT2D eigenvalue weighted by molar-refractivity contribution is 5.97. The van der Waals surface area contributed by atoms with Gasteiger partial charge in [-0.3, -0.25) is 9.59 Å². The molecule has 1 heterocycles. The van der Waals surface area contributed by atoms with Crippen molar-refractivity contribution in [3.63, 3.8) is 0 Å². The predicted octanol–water partition coefficient (Wildman–Crippen LogP) is 5.48. The third-order valence-corrected chi connectivity index (χ3v) is 5.36. The fourth-order valence-corrected chi connectivity index (χ4v) is 3.94. The molecule has 4 rings (SSSR count). The minimum Gasteiger partial charge on any atom is -0.300 e. The quantitative estimate of drug-likeness (QED) is 0.439. The number of benzene rings is 3. The van der Waals surface area contributed by atoms with Gasteiger partial charge in [0.25, 0.3) is 5.56 Å². The molecule has 29 heavy (non-hydrogen) atoms. The fourth-order valence-electron chi connectivity index (χ4n) is 3.94. The summed E-state index contributed by atoms with van der Waals surface area (Å²) >= 11 is 0. The highest BCUT2D eigenvalue weighted by Gasteiger charge is 2.14. The van der Waals surface area contributed by atoms with Crippen LogP contribution in [0.3, 0.4) is 0 Å². The van der Waals surface area contributed by atoms with E-state index in [-0.39, 0.29) is 17.9 Å². The molecular formula is C26H23NO2. The number of pyridine rings is 1. The van der Waals surface area contributed by atoms with Gasteiger partial charge in [0.15, 0.2) is 5.78 Å². The number of fused-ring (bicyclic) bond motifs is 1. The summed E-state index contributed by atoms with van der Waals surface area (Å²) in [6.45, 7) is 6.01. The molecule has 3 aromatic carbocycles. The number of carbonyl (C=O) groups excluding carboxylic acids is 1. The van der Waals surface area contributed by atoms with Crippen LogP contribution in [-0.4, -0.2) is 10.4 Å². The molecule has 1 aromatic heterocycles. The molecule has 0 amide bonds. The number of Topliss-reactive ketones (excluding diaryl/α,β-unsaturated/α-hetero) is 1. The minimum absolute atomic E-state index is 0.0319. The van der Waals surface area contributed by atoms with Gasteiger partial charge in [-0.25, -0.2) is 0 Å². The van der Waals surface area contributed by atoms with Crippen LogP contribution in [0.15, 0.2) is 77.6 Å². The zero-order chi connectivity index (χ0) is 20.5. The second-order valence-electron chi connectivity index (χ2n) is 7.60. The summed E-state index contributed by atoms with van der Waals surface area (Å²) in [4.78, 5) is 25.7. The van der Waals surface area contributed by atoms with Crippen LogP contribution in [-0.2, 0) is 6.54 Å². The third-order valence-electron chi connectivity index (χ3n) is 5.36. The van der Waals surface area contributed by atoms with Crippen molar-refractivity contribution < 1.29 is 4.79 Å². The highest BCUT2D eigenvalue weighted by atomic mass is 16.1. The van der Waals surface area contributed by atoms with Crippen LogP contribution < -0.4 is 5.56 Å². The Morgan fingerprint density at radius 3 is 2.14 bits per heavy atom. The normalized spacial score (nSPS) is 11.0. The van der Waals surface area contributed by atoms with Crippen LogP contribution in [0, 0.1) is 20.8 Å². The van der Waals surface area contributed by atoms with Crippen molar-refractivity contribution in [3.8, 4) is 11.1 Å². The van der Waals surface area contributed by atoms with Crippen molar-refractivity contribution in [3.05, 3.63) is 105 Å². The van der Waals surface area contributed by atoms with Crippen molar-refractivity contribution in [2.75, 3.05) is 0 Å². The molecule has 0 unspecified atom stereocenters. The lowest BCUT2D eigenvalue weighted by Gasteiger charge is -2.15. The molecule has 3 heteroatoms. The molecule has 144 valence electrons. The molecule has 0 N–H and O–H groups in total. The van der Waals surface area contributed by atoms with Crippen LogP contribution in [0.1, 0.15) is 27.0 Å². The summed E-state index contributed by atoms with van der Waals surface area (Å²) in [5.41, 5.74) is 6.57. The van der Waals surface area contributed by atoms with Gasteiger partial charge in [-0.1, -0.05) is 66.2 Å². The molecule has 4 aromatic rings. The summed E-state index contributed by atoms with van der Waals surface area (Å²) in [6, 6.07) is 23.4. The Labute approximate surface area is 170 Å². The maximum absolute atomic E-state index is 13.0.